The fourth-order valence-corrected chi connectivity index (χ4v) is 2.93. The van der Waals surface area contributed by atoms with Crippen molar-refractivity contribution in [2.75, 3.05) is 11.9 Å². The van der Waals surface area contributed by atoms with Crippen LogP contribution < -0.4 is 10.1 Å². The summed E-state index contributed by atoms with van der Waals surface area (Å²) in [7, 11) is 0. The molecule has 3 rings (SSSR count). The molecule has 1 aromatic heterocycles. The molecule has 0 radical (unpaired) electrons. The Labute approximate surface area is 111 Å². The van der Waals surface area contributed by atoms with Gasteiger partial charge in [-0.2, -0.15) is 0 Å². The number of fused-ring (bicyclic) bond motifs is 1. The summed E-state index contributed by atoms with van der Waals surface area (Å²) in [5.41, 5.74) is 2.53. The highest BCUT2D eigenvalue weighted by atomic mass is 32.1. The predicted octanol–water partition coefficient (Wildman–Crippen LogP) is 3.39. The van der Waals surface area contributed by atoms with Crippen molar-refractivity contribution in [2.24, 2.45) is 0 Å². The molecule has 0 aliphatic carbocycles. The minimum absolute atomic E-state index is 0.601. The highest BCUT2D eigenvalue weighted by Crippen LogP contribution is 2.32. The number of para-hydroxylation sites is 1. The maximum atomic E-state index is 5.91. The van der Waals surface area contributed by atoms with Gasteiger partial charge < -0.3 is 10.1 Å². The van der Waals surface area contributed by atoms with E-state index in [0.717, 1.165) is 23.7 Å². The van der Waals surface area contributed by atoms with Crippen LogP contribution in [0.1, 0.15) is 21.9 Å². The molecule has 1 N–H and O–H groups in total. The topological polar surface area (TPSA) is 34.1 Å². The average Bonchev–Trinajstić information content (AvgIpc) is 2.82. The number of hydrogen-bond acceptors (Lipinski definition) is 4. The first-order valence-corrected chi connectivity index (χ1v) is 7.04. The van der Waals surface area contributed by atoms with Crippen molar-refractivity contribution in [3.8, 4) is 5.75 Å². The van der Waals surface area contributed by atoms with Gasteiger partial charge in [-0.3, -0.25) is 0 Å². The molecular weight excluding hydrogens is 244 g/mol. The number of nitrogens with one attached hydrogen (secondary N) is 1. The third kappa shape index (κ3) is 2.34. The largest absolute Gasteiger partial charge is 0.486 e. The number of aryl methyl sites for hydroxylation is 2. The Hall–Kier alpha value is -1.55. The quantitative estimate of drug-likeness (QED) is 0.918. The second-order valence-corrected chi connectivity index (χ2v) is 5.77. The molecule has 3 nitrogen and oxygen atoms in total. The molecule has 2 heterocycles. The summed E-state index contributed by atoms with van der Waals surface area (Å²) in [6, 6.07) is 6.27. The number of ether oxygens (including phenoxy) is 1. The first kappa shape index (κ1) is 11.5. The second kappa shape index (κ2) is 4.98. The number of rotatable bonds is 3. The SMILES string of the molecule is Cc1ncc(COc2cccc3c2NCCC3)s1. The lowest BCUT2D eigenvalue weighted by Crippen LogP contribution is -2.13. The first-order chi connectivity index (χ1) is 8.83. The number of thiazole rings is 1. The molecular formula is C14H16N2OS. The summed E-state index contributed by atoms with van der Waals surface area (Å²) < 4.78 is 5.91. The molecule has 0 amide bonds. The number of hydrogen-bond donors (Lipinski definition) is 1. The minimum Gasteiger partial charge on any atom is -0.486 e. The van der Waals surface area contributed by atoms with Crippen LogP contribution in [-0.2, 0) is 13.0 Å². The van der Waals surface area contributed by atoms with Crippen LogP contribution in [0.2, 0.25) is 0 Å². The molecule has 0 spiro atoms. The summed E-state index contributed by atoms with van der Waals surface area (Å²) in [6.07, 6.45) is 4.23. The van der Waals surface area contributed by atoms with Gasteiger partial charge in [0, 0.05) is 12.7 Å². The lowest BCUT2D eigenvalue weighted by atomic mass is 10.0. The standard InChI is InChI=1S/C14H16N2OS/c1-10-16-8-12(18-10)9-17-13-6-2-4-11-5-3-7-15-14(11)13/h2,4,6,8,15H,3,5,7,9H2,1H3. The van der Waals surface area contributed by atoms with Gasteiger partial charge in [0.15, 0.2) is 0 Å². The van der Waals surface area contributed by atoms with Gasteiger partial charge in [-0.25, -0.2) is 4.98 Å². The van der Waals surface area contributed by atoms with Crippen molar-refractivity contribution in [3.63, 3.8) is 0 Å². The normalized spacial score (nSPS) is 13.8. The summed E-state index contributed by atoms with van der Waals surface area (Å²) in [5.74, 6) is 0.957. The lowest BCUT2D eigenvalue weighted by Gasteiger charge is -2.20. The van der Waals surface area contributed by atoms with Crippen LogP contribution in [0.3, 0.4) is 0 Å². The van der Waals surface area contributed by atoms with E-state index in [1.54, 1.807) is 11.3 Å². The number of benzene rings is 1. The fraction of sp³-hybridized carbons (Fsp3) is 0.357. The van der Waals surface area contributed by atoms with Crippen LogP contribution in [0.15, 0.2) is 24.4 Å². The van der Waals surface area contributed by atoms with Crippen molar-refractivity contribution >= 4 is 17.0 Å². The van der Waals surface area contributed by atoms with E-state index in [-0.39, 0.29) is 0 Å². The van der Waals surface area contributed by atoms with E-state index < -0.39 is 0 Å². The van der Waals surface area contributed by atoms with Gasteiger partial charge >= 0.3 is 0 Å². The summed E-state index contributed by atoms with van der Waals surface area (Å²) >= 11 is 1.69. The smallest absolute Gasteiger partial charge is 0.143 e. The molecule has 2 aromatic rings. The van der Waals surface area contributed by atoms with Gasteiger partial charge in [0.25, 0.3) is 0 Å². The molecule has 0 unspecified atom stereocenters. The Balaban J connectivity index is 1.76. The van der Waals surface area contributed by atoms with Gasteiger partial charge in [-0.05, 0) is 31.4 Å². The molecule has 18 heavy (non-hydrogen) atoms. The van der Waals surface area contributed by atoms with Crippen molar-refractivity contribution in [2.45, 2.75) is 26.4 Å². The third-order valence-corrected chi connectivity index (χ3v) is 3.96. The van der Waals surface area contributed by atoms with Gasteiger partial charge in [-0.1, -0.05) is 12.1 Å². The van der Waals surface area contributed by atoms with Crippen LogP contribution in [-0.4, -0.2) is 11.5 Å². The van der Waals surface area contributed by atoms with E-state index in [1.165, 1.54) is 22.5 Å². The molecule has 1 aliphatic heterocycles. The molecule has 1 aromatic carbocycles. The molecule has 0 saturated carbocycles. The zero-order valence-electron chi connectivity index (χ0n) is 10.4. The van der Waals surface area contributed by atoms with Crippen molar-refractivity contribution in [1.29, 1.82) is 0 Å². The fourth-order valence-electron chi connectivity index (χ4n) is 2.22. The maximum absolute atomic E-state index is 5.91. The number of aromatic nitrogens is 1. The van der Waals surface area contributed by atoms with E-state index in [0.29, 0.717) is 6.61 Å². The Morgan fingerprint density at radius 2 is 2.39 bits per heavy atom. The molecule has 0 fully saturated rings. The van der Waals surface area contributed by atoms with Crippen LogP contribution in [0.25, 0.3) is 0 Å². The van der Waals surface area contributed by atoms with Gasteiger partial charge in [0.05, 0.1) is 15.6 Å². The lowest BCUT2D eigenvalue weighted by molar-refractivity contribution is 0.310. The summed E-state index contributed by atoms with van der Waals surface area (Å²) in [5, 5.41) is 4.52. The van der Waals surface area contributed by atoms with E-state index in [9.17, 15) is 0 Å². The van der Waals surface area contributed by atoms with Crippen molar-refractivity contribution < 1.29 is 4.74 Å². The van der Waals surface area contributed by atoms with E-state index in [1.807, 2.05) is 19.2 Å². The Bertz CT molecular complexity index is 550. The van der Waals surface area contributed by atoms with E-state index in [2.05, 4.69) is 22.4 Å². The summed E-state index contributed by atoms with van der Waals surface area (Å²) in [6.45, 7) is 3.65. The zero-order valence-corrected chi connectivity index (χ0v) is 11.2. The van der Waals surface area contributed by atoms with Crippen LogP contribution >= 0.6 is 11.3 Å². The highest BCUT2D eigenvalue weighted by molar-refractivity contribution is 7.11. The zero-order chi connectivity index (χ0) is 12.4. The van der Waals surface area contributed by atoms with Crippen LogP contribution in [0.4, 0.5) is 5.69 Å². The molecule has 0 bridgehead atoms. The monoisotopic (exact) mass is 260 g/mol. The highest BCUT2D eigenvalue weighted by Gasteiger charge is 2.13. The molecule has 4 heteroatoms. The van der Waals surface area contributed by atoms with Crippen LogP contribution in [0.5, 0.6) is 5.75 Å². The first-order valence-electron chi connectivity index (χ1n) is 6.23. The van der Waals surface area contributed by atoms with Gasteiger partial charge in [-0.15, -0.1) is 11.3 Å². The van der Waals surface area contributed by atoms with Crippen molar-refractivity contribution in [1.82, 2.24) is 4.98 Å². The van der Waals surface area contributed by atoms with Gasteiger partial charge in [0.2, 0.25) is 0 Å². The average molecular weight is 260 g/mol. The van der Waals surface area contributed by atoms with Crippen LogP contribution in [0, 0.1) is 6.92 Å². The second-order valence-electron chi connectivity index (χ2n) is 4.45. The van der Waals surface area contributed by atoms with Crippen molar-refractivity contribution in [3.05, 3.63) is 39.8 Å². The minimum atomic E-state index is 0.601. The molecule has 1 aliphatic rings. The Morgan fingerprint density at radius 3 is 3.22 bits per heavy atom. The van der Waals surface area contributed by atoms with E-state index >= 15 is 0 Å². The third-order valence-electron chi connectivity index (χ3n) is 3.08. The Morgan fingerprint density at radius 1 is 1.44 bits per heavy atom. The van der Waals surface area contributed by atoms with E-state index in [4.69, 9.17) is 4.74 Å². The molecule has 94 valence electrons. The molecule has 0 atom stereocenters. The molecule has 0 saturated heterocycles. The Kier molecular flexibility index (Phi) is 3.19. The maximum Gasteiger partial charge on any atom is 0.143 e. The number of nitrogens with zero attached hydrogens (tertiary/aromatic N) is 1. The van der Waals surface area contributed by atoms with Gasteiger partial charge in [0.1, 0.15) is 12.4 Å². The summed E-state index contributed by atoms with van der Waals surface area (Å²) in [4.78, 5) is 5.41. The predicted molar refractivity (Wildman–Crippen MR) is 74.4 cm³/mol. The number of anilines is 1.